The van der Waals surface area contributed by atoms with E-state index < -0.39 is 6.04 Å². The first-order valence-electron chi connectivity index (χ1n) is 7.01. The summed E-state index contributed by atoms with van der Waals surface area (Å²) in [7, 11) is 1.54. The summed E-state index contributed by atoms with van der Waals surface area (Å²) >= 11 is 6.13. The summed E-state index contributed by atoms with van der Waals surface area (Å²) in [6.45, 7) is 2.43. The van der Waals surface area contributed by atoms with Gasteiger partial charge in [-0.2, -0.15) is 0 Å². The second kappa shape index (κ2) is 5.22. The molecule has 1 aromatic carbocycles. The SMILES string of the molecule is COc1ccc(N2C(=O)C3CCCN3C(=O)C2C)cc1Cl. The molecule has 0 aliphatic carbocycles. The van der Waals surface area contributed by atoms with Gasteiger partial charge in [-0.1, -0.05) is 11.6 Å². The zero-order valence-corrected chi connectivity index (χ0v) is 12.8. The van der Waals surface area contributed by atoms with Crippen molar-refractivity contribution in [1.29, 1.82) is 0 Å². The van der Waals surface area contributed by atoms with Crippen LogP contribution in [0.4, 0.5) is 5.69 Å². The van der Waals surface area contributed by atoms with Crippen LogP contribution in [0.2, 0.25) is 5.02 Å². The zero-order valence-electron chi connectivity index (χ0n) is 12.0. The first-order chi connectivity index (χ1) is 10.0. The minimum absolute atomic E-state index is 0.00374. The Kier molecular flexibility index (Phi) is 3.53. The molecule has 3 rings (SSSR count). The van der Waals surface area contributed by atoms with Crippen molar-refractivity contribution in [3.8, 4) is 5.75 Å². The summed E-state index contributed by atoms with van der Waals surface area (Å²) < 4.78 is 5.12. The molecule has 2 heterocycles. The number of benzene rings is 1. The Morgan fingerprint density at radius 1 is 1.29 bits per heavy atom. The van der Waals surface area contributed by atoms with Gasteiger partial charge in [-0.25, -0.2) is 0 Å². The van der Waals surface area contributed by atoms with Crippen LogP contribution in [0.3, 0.4) is 0 Å². The van der Waals surface area contributed by atoms with Crippen LogP contribution in [0.25, 0.3) is 0 Å². The number of hydrogen-bond acceptors (Lipinski definition) is 3. The Morgan fingerprint density at radius 2 is 2.05 bits per heavy atom. The number of carbonyl (C=O) groups excluding carboxylic acids is 2. The van der Waals surface area contributed by atoms with Gasteiger partial charge in [-0.15, -0.1) is 0 Å². The second-order valence-corrected chi connectivity index (χ2v) is 5.80. The molecule has 0 N–H and O–H groups in total. The van der Waals surface area contributed by atoms with Crippen molar-refractivity contribution >= 4 is 29.1 Å². The molecule has 6 heteroatoms. The van der Waals surface area contributed by atoms with E-state index in [-0.39, 0.29) is 17.9 Å². The molecule has 1 aromatic rings. The molecule has 0 spiro atoms. The van der Waals surface area contributed by atoms with Gasteiger partial charge in [0.2, 0.25) is 5.91 Å². The van der Waals surface area contributed by atoms with E-state index in [1.54, 1.807) is 34.9 Å². The van der Waals surface area contributed by atoms with E-state index in [4.69, 9.17) is 16.3 Å². The number of amides is 2. The van der Waals surface area contributed by atoms with Crippen LogP contribution in [0.15, 0.2) is 18.2 Å². The number of ether oxygens (including phenoxy) is 1. The molecule has 2 aliphatic heterocycles. The number of rotatable bonds is 2. The molecular weight excluding hydrogens is 292 g/mol. The first kappa shape index (κ1) is 14.2. The summed E-state index contributed by atoms with van der Waals surface area (Å²) in [5, 5.41) is 0.427. The number of methoxy groups -OCH3 is 1. The van der Waals surface area contributed by atoms with Crippen LogP contribution in [0, 0.1) is 0 Å². The third-order valence-electron chi connectivity index (χ3n) is 4.22. The molecule has 0 bridgehead atoms. The molecular formula is C15H17ClN2O3. The van der Waals surface area contributed by atoms with E-state index in [0.717, 1.165) is 12.8 Å². The lowest BCUT2D eigenvalue weighted by Gasteiger charge is -2.40. The number of fused-ring (bicyclic) bond motifs is 1. The maximum absolute atomic E-state index is 12.7. The van der Waals surface area contributed by atoms with Gasteiger partial charge in [-0.3, -0.25) is 14.5 Å². The summed E-state index contributed by atoms with van der Waals surface area (Å²) in [5.74, 6) is 0.524. The van der Waals surface area contributed by atoms with Crippen molar-refractivity contribution in [1.82, 2.24) is 4.90 Å². The van der Waals surface area contributed by atoms with Gasteiger partial charge >= 0.3 is 0 Å². The highest BCUT2D eigenvalue weighted by Gasteiger charge is 2.46. The Balaban J connectivity index is 1.98. The normalized spacial score (nSPS) is 25.3. The highest BCUT2D eigenvalue weighted by atomic mass is 35.5. The Bertz CT molecular complexity index is 605. The predicted octanol–water partition coefficient (Wildman–Crippen LogP) is 2.07. The number of anilines is 1. The summed E-state index contributed by atoms with van der Waals surface area (Å²) in [4.78, 5) is 28.4. The van der Waals surface area contributed by atoms with Crippen LogP contribution < -0.4 is 9.64 Å². The number of halogens is 1. The van der Waals surface area contributed by atoms with Crippen molar-refractivity contribution in [2.24, 2.45) is 0 Å². The largest absolute Gasteiger partial charge is 0.495 e. The van der Waals surface area contributed by atoms with Crippen molar-refractivity contribution in [2.45, 2.75) is 31.8 Å². The molecule has 2 atom stereocenters. The van der Waals surface area contributed by atoms with Crippen LogP contribution in [-0.2, 0) is 9.59 Å². The van der Waals surface area contributed by atoms with Gasteiger partial charge < -0.3 is 9.64 Å². The number of nitrogens with zero attached hydrogens (tertiary/aromatic N) is 2. The average molecular weight is 309 g/mol. The Hall–Kier alpha value is -1.75. The molecule has 2 saturated heterocycles. The van der Waals surface area contributed by atoms with Gasteiger partial charge in [0.05, 0.1) is 12.1 Å². The van der Waals surface area contributed by atoms with Crippen LogP contribution >= 0.6 is 11.6 Å². The van der Waals surface area contributed by atoms with Crippen molar-refractivity contribution in [3.63, 3.8) is 0 Å². The maximum atomic E-state index is 12.7. The van der Waals surface area contributed by atoms with Gasteiger partial charge in [-0.05, 0) is 38.0 Å². The third-order valence-corrected chi connectivity index (χ3v) is 4.51. The molecule has 0 radical (unpaired) electrons. The van der Waals surface area contributed by atoms with Crippen LogP contribution in [0.1, 0.15) is 19.8 Å². The van der Waals surface area contributed by atoms with Gasteiger partial charge in [0.15, 0.2) is 0 Å². The number of hydrogen-bond donors (Lipinski definition) is 0. The molecule has 2 unspecified atom stereocenters. The van der Waals surface area contributed by atoms with E-state index in [2.05, 4.69) is 0 Å². The van der Waals surface area contributed by atoms with E-state index in [0.29, 0.717) is 23.0 Å². The Labute approximate surface area is 128 Å². The molecule has 5 nitrogen and oxygen atoms in total. The van der Waals surface area contributed by atoms with E-state index in [1.807, 2.05) is 0 Å². The van der Waals surface area contributed by atoms with E-state index in [9.17, 15) is 9.59 Å². The van der Waals surface area contributed by atoms with E-state index in [1.165, 1.54) is 7.11 Å². The predicted molar refractivity (Wildman–Crippen MR) is 79.7 cm³/mol. The Morgan fingerprint density at radius 3 is 2.71 bits per heavy atom. The average Bonchev–Trinajstić information content (AvgIpc) is 2.95. The molecule has 112 valence electrons. The second-order valence-electron chi connectivity index (χ2n) is 5.39. The fraction of sp³-hybridized carbons (Fsp3) is 0.467. The fourth-order valence-corrected chi connectivity index (χ4v) is 3.40. The van der Waals surface area contributed by atoms with Crippen molar-refractivity contribution < 1.29 is 14.3 Å². The summed E-state index contributed by atoms with van der Waals surface area (Å²) in [5.41, 5.74) is 0.637. The topological polar surface area (TPSA) is 49.9 Å². The minimum Gasteiger partial charge on any atom is -0.495 e. The standard InChI is InChI=1S/C15H17ClN2O3/c1-9-14(19)17-7-3-4-12(17)15(20)18(9)10-5-6-13(21-2)11(16)8-10/h5-6,8-9,12H,3-4,7H2,1-2H3. The van der Waals surface area contributed by atoms with Crippen LogP contribution in [0.5, 0.6) is 5.75 Å². The lowest BCUT2D eigenvalue weighted by molar-refractivity contribution is -0.143. The van der Waals surface area contributed by atoms with Crippen LogP contribution in [-0.4, -0.2) is 42.5 Å². The maximum Gasteiger partial charge on any atom is 0.250 e. The first-order valence-corrected chi connectivity index (χ1v) is 7.39. The van der Waals surface area contributed by atoms with E-state index >= 15 is 0 Å². The lowest BCUT2D eigenvalue weighted by Crippen LogP contribution is -2.62. The highest BCUT2D eigenvalue weighted by molar-refractivity contribution is 6.32. The van der Waals surface area contributed by atoms with Crippen molar-refractivity contribution in [2.75, 3.05) is 18.6 Å². The minimum atomic E-state index is -0.503. The quantitative estimate of drug-likeness (QED) is 0.840. The van der Waals surface area contributed by atoms with Gasteiger partial charge in [0.1, 0.15) is 17.8 Å². The smallest absolute Gasteiger partial charge is 0.250 e. The fourth-order valence-electron chi connectivity index (χ4n) is 3.15. The van der Waals surface area contributed by atoms with Crippen molar-refractivity contribution in [3.05, 3.63) is 23.2 Å². The molecule has 2 amide bonds. The number of piperazine rings is 1. The zero-order chi connectivity index (χ0) is 15.1. The molecule has 21 heavy (non-hydrogen) atoms. The number of carbonyl (C=O) groups is 2. The van der Waals surface area contributed by atoms with Gasteiger partial charge in [0.25, 0.3) is 5.91 Å². The summed E-state index contributed by atoms with van der Waals surface area (Å²) in [6.07, 6.45) is 1.61. The van der Waals surface area contributed by atoms with Gasteiger partial charge in [0, 0.05) is 12.2 Å². The highest BCUT2D eigenvalue weighted by Crippen LogP contribution is 2.34. The molecule has 0 saturated carbocycles. The third kappa shape index (κ3) is 2.16. The monoisotopic (exact) mass is 308 g/mol. The lowest BCUT2D eigenvalue weighted by atomic mass is 10.0. The molecule has 2 fully saturated rings. The molecule has 2 aliphatic rings. The molecule has 0 aromatic heterocycles. The summed E-state index contributed by atoms with van der Waals surface area (Å²) in [6, 6.07) is 4.32.